The summed E-state index contributed by atoms with van der Waals surface area (Å²) >= 11 is 9.50. The van der Waals surface area contributed by atoms with Gasteiger partial charge in [0, 0.05) is 24.0 Å². The number of sulfonamides is 1. The zero-order chi connectivity index (χ0) is 16.4. The van der Waals surface area contributed by atoms with Gasteiger partial charge in [-0.2, -0.15) is 4.31 Å². The van der Waals surface area contributed by atoms with Crippen LogP contribution in [0, 0.1) is 11.8 Å². The quantitative estimate of drug-likeness (QED) is 0.676. The highest BCUT2D eigenvalue weighted by Crippen LogP contribution is 2.37. The summed E-state index contributed by atoms with van der Waals surface area (Å²) in [5.74, 6) is 0.887. The molecule has 0 spiro atoms. The molecule has 0 amide bonds. The van der Waals surface area contributed by atoms with E-state index in [0.29, 0.717) is 34.8 Å². The molecule has 1 fully saturated rings. The average Bonchev–Trinajstić information content (AvgIpc) is 2.56. The van der Waals surface area contributed by atoms with Crippen LogP contribution in [0.2, 0.25) is 5.02 Å². The lowest BCUT2D eigenvalue weighted by Crippen LogP contribution is -2.40. The maximum Gasteiger partial charge on any atom is 0.243 e. The number of allylic oxidation sites excluding steroid dienone is 4. The van der Waals surface area contributed by atoms with Crippen LogP contribution >= 0.6 is 27.5 Å². The standard InChI is InChI=1S/C17H19BrClNO2S/c18-17-4-2-1-3-16(17)13-9-11-20(12-10-13)23(21,22)15-7-5-14(19)6-8-15/h1,3-8,13,16H,2,9-12H2. The first-order chi connectivity index (χ1) is 11.0. The third-order valence-electron chi connectivity index (χ3n) is 4.57. The normalized spacial score (nSPS) is 23.7. The molecule has 1 saturated heterocycles. The molecule has 2 aliphatic rings. The molecule has 6 heteroatoms. The van der Waals surface area contributed by atoms with Crippen LogP contribution in [0.15, 0.2) is 51.9 Å². The van der Waals surface area contributed by atoms with Crippen molar-refractivity contribution in [2.24, 2.45) is 11.8 Å². The van der Waals surface area contributed by atoms with Gasteiger partial charge in [0.1, 0.15) is 0 Å². The molecule has 1 aliphatic heterocycles. The van der Waals surface area contributed by atoms with Crippen molar-refractivity contribution in [1.29, 1.82) is 0 Å². The maximum atomic E-state index is 12.7. The van der Waals surface area contributed by atoms with Crippen LogP contribution in [0.3, 0.4) is 0 Å². The number of benzene rings is 1. The Balaban J connectivity index is 1.69. The van der Waals surface area contributed by atoms with Crippen LogP contribution in [0.4, 0.5) is 0 Å². The molecule has 1 unspecified atom stereocenters. The van der Waals surface area contributed by atoms with Gasteiger partial charge in [-0.25, -0.2) is 8.42 Å². The molecule has 1 heterocycles. The number of hydrogen-bond donors (Lipinski definition) is 0. The zero-order valence-electron chi connectivity index (χ0n) is 12.7. The Labute approximate surface area is 151 Å². The first kappa shape index (κ1) is 17.2. The molecular formula is C17H19BrClNO2S. The van der Waals surface area contributed by atoms with E-state index in [1.165, 1.54) is 4.48 Å². The van der Waals surface area contributed by atoms with Crippen LogP contribution in [0.1, 0.15) is 19.3 Å². The summed E-state index contributed by atoms with van der Waals surface area (Å²) < 4.78 is 28.2. The van der Waals surface area contributed by atoms with E-state index in [1.54, 1.807) is 28.6 Å². The van der Waals surface area contributed by atoms with Gasteiger partial charge in [-0.1, -0.05) is 45.8 Å². The number of rotatable bonds is 3. The highest BCUT2D eigenvalue weighted by atomic mass is 79.9. The Morgan fingerprint density at radius 3 is 2.39 bits per heavy atom. The van der Waals surface area contributed by atoms with Crippen LogP contribution in [-0.4, -0.2) is 25.8 Å². The second kappa shape index (κ2) is 7.09. The molecule has 23 heavy (non-hydrogen) atoms. The number of hydrogen-bond acceptors (Lipinski definition) is 2. The SMILES string of the molecule is O=S(=O)(c1ccc(Cl)cc1)N1CCC(C2C=CCC=C2Br)CC1. The van der Waals surface area contributed by atoms with E-state index in [-0.39, 0.29) is 0 Å². The Kier molecular flexibility index (Phi) is 5.31. The van der Waals surface area contributed by atoms with Gasteiger partial charge in [0.2, 0.25) is 10.0 Å². The van der Waals surface area contributed by atoms with Gasteiger partial charge in [0.15, 0.2) is 0 Å². The van der Waals surface area contributed by atoms with Gasteiger partial charge in [0.05, 0.1) is 4.90 Å². The summed E-state index contributed by atoms with van der Waals surface area (Å²) in [6.07, 6.45) is 9.36. The molecule has 0 radical (unpaired) electrons. The summed E-state index contributed by atoms with van der Waals surface area (Å²) in [5.41, 5.74) is 0. The monoisotopic (exact) mass is 415 g/mol. The highest BCUT2D eigenvalue weighted by molar-refractivity contribution is 9.11. The van der Waals surface area contributed by atoms with E-state index < -0.39 is 10.0 Å². The third-order valence-corrected chi connectivity index (χ3v) is 7.59. The van der Waals surface area contributed by atoms with E-state index in [4.69, 9.17) is 11.6 Å². The van der Waals surface area contributed by atoms with Gasteiger partial charge in [-0.3, -0.25) is 0 Å². The van der Waals surface area contributed by atoms with E-state index in [9.17, 15) is 8.42 Å². The van der Waals surface area contributed by atoms with Gasteiger partial charge >= 0.3 is 0 Å². The third kappa shape index (κ3) is 3.73. The van der Waals surface area contributed by atoms with Crippen molar-refractivity contribution in [1.82, 2.24) is 4.31 Å². The van der Waals surface area contributed by atoms with Crippen molar-refractivity contribution in [2.45, 2.75) is 24.2 Å². The van der Waals surface area contributed by atoms with Gasteiger partial charge in [0.25, 0.3) is 0 Å². The fourth-order valence-electron chi connectivity index (χ4n) is 3.25. The number of halogens is 2. The summed E-state index contributed by atoms with van der Waals surface area (Å²) in [7, 11) is -3.42. The number of piperidine rings is 1. The fraction of sp³-hybridized carbons (Fsp3) is 0.412. The first-order valence-electron chi connectivity index (χ1n) is 7.76. The summed E-state index contributed by atoms with van der Waals surface area (Å²) in [6, 6.07) is 6.39. The zero-order valence-corrected chi connectivity index (χ0v) is 15.8. The molecule has 1 atom stereocenters. The van der Waals surface area contributed by atoms with Crippen molar-refractivity contribution < 1.29 is 8.42 Å². The molecule has 0 saturated carbocycles. The number of nitrogens with zero attached hydrogens (tertiary/aromatic N) is 1. The van der Waals surface area contributed by atoms with E-state index in [0.717, 1.165) is 19.3 Å². The summed E-state index contributed by atoms with van der Waals surface area (Å²) in [5, 5.41) is 0.545. The predicted octanol–water partition coefficient (Wildman–Crippen LogP) is 4.60. The molecule has 1 aromatic carbocycles. The minimum absolute atomic E-state index is 0.319. The molecule has 3 rings (SSSR count). The predicted molar refractivity (Wildman–Crippen MR) is 97.2 cm³/mol. The maximum absolute atomic E-state index is 12.7. The minimum Gasteiger partial charge on any atom is -0.207 e. The van der Waals surface area contributed by atoms with E-state index >= 15 is 0 Å². The van der Waals surface area contributed by atoms with Gasteiger partial charge in [-0.05, 0) is 53.9 Å². The Bertz CT molecular complexity index is 719. The van der Waals surface area contributed by atoms with Crippen LogP contribution in [0.5, 0.6) is 0 Å². The van der Waals surface area contributed by atoms with Crippen molar-refractivity contribution in [3.05, 3.63) is 52.0 Å². The molecule has 0 bridgehead atoms. The van der Waals surface area contributed by atoms with Crippen molar-refractivity contribution >= 4 is 37.6 Å². The van der Waals surface area contributed by atoms with Crippen LogP contribution in [0.25, 0.3) is 0 Å². The van der Waals surface area contributed by atoms with Crippen LogP contribution in [-0.2, 0) is 10.0 Å². The van der Waals surface area contributed by atoms with Crippen molar-refractivity contribution in [2.75, 3.05) is 13.1 Å². The average molecular weight is 417 g/mol. The topological polar surface area (TPSA) is 37.4 Å². The molecule has 124 valence electrons. The van der Waals surface area contributed by atoms with E-state index in [2.05, 4.69) is 34.2 Å². The van der Waals surface area contributed by atoms with Gasteiger partial charge < -0.3 is 0 Å². The fourth-order valence-corrected chi connectivity index (χ4v) is 5.56. The second-order valence-corrected chi connectivity index (χ2v) is 9.26. The largest absolute Gasteiger partial charge is 0.243 e. The Morgan fingerprint density at radius 1 is 1.13 bits per heavy atom. The smallest absolute Gasteiger partial charge is 0.207 e. The van der Waals surface area contributed by atoms with Crippen molar-refractivity contribution in [3.8, 4) is 0 Å². The molecule has 0 aromatic heterocycles. The lowest BCUT2D eigenvalue weighted by atomic mass is 9.83. The van der Waals surface area contributed by atoms with E-state index in [1.807, 2.05) is 0 Å². The summed E-state index contributed by atoms with van der Waals surface area (Å²) in [6.45, 7) is 1.14. The highest BCUT2D eigenvalue weighted by Gasteiger charge is 2.32. The molecule has 1 aliphatic carbocycles. The lowest BCUT2D eigenvalue weighted by Gasteiger charge is -2.35. The Hall–Kier alpha value is -0.620. The first-order valence-corrected chi connectivity index (χ1v) is 10.4. The molecular weight excluding hydrogens is 398 g/mol. The lowest BCUT2D eigenvalue weighted by molar-refractivity contribution is 0.248. The van der Waals surface area contributed by atoms with Crippen LogP contribution < -0.4 is 0 Å². The van der Waals surface area contributed by atoms with Crippen molar-refractivity contribution in [3.63, 3.8) is 0 Å². The molecule has 3 nitrogen and oxygen atoms in total. The summed E-state index contributed by atoms with van der Waals surface area (Å²) in [4.78, 5) is 0.319. The molecule has 1 aromatic rings. The Morgan fingerprint density at radius 2 is 1.78 bits per heavy atom. The minimum atomic E-state index is -3.42. The molecule has 0 N–H and O–H groups in total. The second-order valence-electron chi connectivity index (χ2n) is 5.97. The van der Waals surface area contributed by atoms with Gasteiger partial charge in [-0.15, -0.1) is 0 Å².